The fraction of sp³-hybridized carbons (Fsp3) is 0.545. The predicted molar refractivity (Wildman–Crippen MR) is 60.0 cm³/mol. The number of aromatic nitrogens is 2. The minimum absolute atomic E-state index is 0.107. The van der Waals surface area contributed by atoms with Gasteiger partial charge in [-0.25, -0.2) is 9.97 Å². The zero-order valence-corrected chi connectivity index (χ0v) is 9.15. The molecule has 4 N–H and O–H groups in total. The van der Waals surface area contributed by atoms with Gasteiger partial charge in [-0.05, 0) is 25.4 Å². The Bertz CT molecular complexity index is 405. The lowest BCUT2D eigenvalue weighted by atomic mass is 9.86. The second-order valence-corrected chi connectivity index (χ2v) is 4.12. The summed E-state index contributed by atoms with van der Waals surface area (Å²) in [6.07, 6.45) is 3.57. The van der Waals surface area contributed by atoms with Crippen LogP contribution in [0, 0.1) is 5.92 Å². The van der Waals surface area contributed by atoms with Crippen molar-refractivity contribution in [3.05, 3.63) is 23.3 Å². The van der Waals surface area contributed by atoms with Crippen LogP contribution in [0.3, 0.4) is 0 Å². The van der Waals surface area contributed by atoms with E-state index in [1.54, 1.807) is 6.20 Å². The Labute approximate surface area is 94.3 Å². The zero-order chi connectivity index (χ0) is 11.5. The molecule has 0 spiro atoms. The Hall–Kier alpha value is -1.33. The number of nitrogens with two attached hydrogens (primary N) is 2. The van der Waals surface area contributed by atoms with E-state index in [-0.39, 0.29) is 11.7 Å². The summed E-state index contributed by atoms with van der Waals surface area (Å²) in [5, 5.41) is 0. The van der Waals surface area contributed by atoms with E-state index in [4.69, 9.17) is 11.5 Å². The van der Waals surface area contributed by atoms with Gasteiger partial charge in [-0.1, -0.05) is 0 Å². The topological polar surface area (TPSA) is 94.9 Å². The first kappa shape index (κ1) is 11.2. The van der Waals surface area contributed by atoms with Gasteiger partial charge in [-0.3, -0.25) is 4.79 Å². The van der Waals surface area contributed by atoms with Crippen LogP contribution in [0.15, 0.2) is 6.20 Å². The highest BCUT2D eigenvalue weighted by Gasteiger charge is 2.25. The number of Topliss-reactive ketones (excluding diaryl/α,β-unsaturated/α-hetero) is 1. The predicted octanol–water partition coefficient (Wildman–Crippen LogP) is -0.318. The van der Waals surface area contributed by atoms with Crippen LogP contribution < -0.4 is 11.5 Å². The molecule has 5 heteroatoms. The molecule has 5 nitrogen and oxygen atoms in total. The number of hydrogen-bond acceptors (Lipinski definition) is 5. The van der Waals surface area contributed by atoms with E-state index in [1.807, 2.05) is 0 Å². The van der Waals surface area contributed by atoms with Crippen LogP contribution in [0.2, 0.25) is 0 Å². The van der Waals surface area contributed by atoms with Gasteiger partial charge in [0.15, 0.2) is 5.78 Å². The van der Waals surface area contributed by atoms with Gasteiger partial charge in [0.2, 0.25) is 0 Å². The summed E-state index contributed by atoms with van der Waals surface area (Å²) in [7, 11) is 0. The molecular formula is C11H16N4O. The normalized spacial score (nSPS) is 19.6. The fourth-order valence-corrected chi connectivity index (χ4v) is 1.98. The molecule has 1 heterocycles. The average Bonchev–Trinajstić information content (AvgIpc) is 2.29. The van der Waals surface area contributed by atoms with E-state index < -0.39 is 0 Å². The second-order valence-electron chi connectivity index (χ2n) is 4.12. The standard InChI is InChI=1S/C11H16N4O/c12-2-1-11-14-6-8-9(15-11)3-7(5-13)4-10(8)16/h6-7H,1-5,12-13H2. The van der Waals surface area contributed by atoms with Crippen LogP contribution in [-0.2, 0) is 12.8 Å². The Morgan fingerprint density at radius 2 is 2.19 bits per heavy atom. The van der Waals surface area contributed by atoms with Crippen molar-refractivity contribution < 1.29 is 4.79 Å². The summed E-state index contributed by atoms with van der Waals surface area (Å²) in [5.74, 6) is 1.04. The summed E-state index contributed by atoms with van der Waals surface area (Å²) < 4.78 is 0. The summed E-state index contributed by atoms with van der Waals surface area (Å²) in [6.45, 7) is 1.05. The Morgan fingerprint density at radius 1 is 1.38 bits per heavy atom. The maximum Gasteiger partial charge on any atom is 0.166 e. The SMILES string of the molecule is NCCc1ncc2c(n1)CC(CN)CC2=O. The molecule has 0 aromatic carbocycles. The number of rotatable bonds is 3. The van der Waals surface area contributed by atoms with E-state index >= 15 is 0 Å². The minimum Gasteiger partial charge on any atom is -0.330 e. The van der Waals surface area contributed by atoms with Crippen molar-refractivity contribution in [2.45, 2.75) is 19.3 Å². The number of nitrogens with zero attached hydrogens (tertiary/aromatic N) is 2. The third-order valence-electron chi connectivity index (χ3n) is 2.88. The number of carbonyl (C=O) groups is 1. The monoisotopic (exact) mass is 220 g/mol. The van der Waals surface area contributed by atoms with Crippen LogP contribution in [0.5, 0.6) is 0 Å². The van der Waals surface area contributed by atoms with E-state index in [1.165, 1.54) is 0 Å². The van der Waals surface area contributed by atoms with E-state index in [0.29, 0.717) is 37.3 Å². The summed E-state index contributed by atoms with van der Waals surface area (Å²) in [5.41, 5.74) is 12.6. The molecule has 1 aliphatic rings. The Balaban J connectivity index is 2.30. The maximum absolute atomic E-state index is 11.8. The lowest BCUT2D eigenvalue weighted by Crippen LogP contribution is -2.27. The molecule has 1 aromatic heterocycles. The van der Waals surface area contributed by atoms with Crippen molar-refractivity contribution in [1.29, 1.82) is 0 Å². The van der Waals surface area contributed by atoms with Crippen molar-refractivity contribution in [3.8, 4) is 0 Å². The molecule has 0 amide bonds. The lowest BCUT2D eigenvalue weighted by Gasteiger charge is -2.21. The van der Waals surface area contributed by atoms with Crippen molar-refractivity contribution in [3.63, 3.8) is 0 Å². The van der Waals surface area contributed by atoms with Gasteiger partial charge in [0.05, 0.1) is 11.3 Å². The molecule has 86 valence electrons. The number of hydrogen-bond donors (Lipinski definition) is 2. The van der Waals surface area contributed by atoms with E-state index in [0.717, 1.165) is 12.1 Å². The quantitative estimate of drug-likeness (QED) is 0.728. The van der Waals surface area contributed by atoms with E-state index in [2.05, 4.69) is 9.97 Å². The van der Waals surface area contributed by atoms with E-state index in [9.17, 15) is 4.79 Å². The first-order valence-corrected chi connectivity index (χ1v) is 5.52. The molecule has 1 aliphatic carbocycles. The maximum atomic E-state index is 11.8. The highest BCUT2D eigenvalue weighted by Crippen LogP contribution is 2.22. The molecule has 1 aromatic rings. The summed E-state index contributed by atoms with van der Waals surface area (Å²) in [4.78, 5) is 20.3. The molecular weight excluding hydrogens is 204 g/mol. The molecule has 0 aliphatic heterocycles. The number of ketones is 1. The number of carbonyl (C=O) groups excluding carboxylic acids is 1. The molecule has 0 saturated heterocycles. The summed E-state index contributed by atoms with van der Waals surface area (Å²) in [6, 6.07) is 0. The van der Waals surface area contributed by atoms with Crippen molar-refractivity contribution >= 4 is 5.78 Å². The van der Waals surface area contributed by atoms with Gasteiger partial charge in [0, 0.05) is 19.0 Å². The molecule has 1 unspecified atom stereocenters. The third-order valence-corrected chi connectivity index (χ3v) is 2.88. The molecule has 16 heavy (non-hydrogen) atoms. The Kier molecular flexibility index (Phi) is 3.26. The van der Waals surface area contributed by atoms with Crippen LogP contribution >= 0.6 is 0 Å². The second kappa shape index (κ2) is 4.67. The van der Waals surface area contributed by atoms with Gasteiger partial charge in [0.25, 0.3) is 0 Å². The van der Waals surface area contributed by atoms with Crippen LogP contribution in [0.4, 0.5) is 0 Å². The fourth-order valence-electron chi connectivity index (χ4n) is 1.98. The third kappa shape index (κ3) is 2.10. The van der Waals surface area contributed by atoms with Gasteiger partial charge in [-0.2, -0.15) is 0 Å². The van der Waals surface area contributed by atoms with Crippen molar-refractivity contribution in [2.75, 3.05) is 13.1 Å². The van der Waals surface area contributed by atoms with Crippen LogP contribution in [0.1, 0.15) is 28.3 Å². The van der Waals surface area contributed by atoms with Gasteiger partial charge in [-0.15, -0.1) is 0 Å². The molecule has 1 atom stereocenters. The number of fused-ring (bicyclic) bond motifs is 1. The first-order chi connectivity index (χ1) is 7.74. The molecule has 0 radical (unpaired) electrons. The van der Waals surface area contributed by atoms with Gasteiger partial charge < -0.3 is 11.5 Å². The van der Waals surface area contributed by atoms with Crippen LogP contribution in [0.25, 0.3) is 0 Å². The highest BCUT2D eigenvalue weighted by atomic mass is 16.1. The molecule has 0 saturated carbocycles. The van der Waals surface area contributed by atoms with Crippen LogP contribution in [-0.4, -0.2) is 28.8 Å². The lowest BCUT2D eigenvalue weighted by molar-refractivity contribution is 0.0948. The molecule has 0 fully saturated rings. The van der Waals surface area contributed by atoms with Gasteiger partial charge >= 0.3 is 0 Å². The molecule has 2 rings (SSSR count). The average molecular weight is 220 g/mol. The highest BCUT2D eigenvalue weighted by molar-refractivity contribution is 5.97. The minimum atomic E-state index is 0.107. The summed E-state index contributed by atoms with van der Waals surface area (Å²) >= 11 is 0. The van der Waals surface area contributed by atoms with Crippen molar-refractivity contribution in [1.82, 2.24) is 9.97 Å². The first-order valence-electron chi connectivity index (χ1n) is 5.52. The Morgan fingerprint density at radius 3 is 2.88 bits per heavy atom. The smallest absolute Gasteiger partial charge is 0.166 e. The largest absolute Gasteiger partial charge is 0.330 e. The zero-order valence-electron chi connectivity index (χ0n) is 9.15. The van der Waals surface area contributed by atoms with Crippen molar-refractivity contribution in [2.24, 2.45) is 17.4 Å². The van der Waals surface area contributed by atoms with Gasteiger partial charge in [0.1, 0.15) is 5.82 Å². The molecule has 0 bridgehead atoms.